The minimum atomic E-state index is 0. The second-order valence-electron chi connectivity index (χ2n) is 3.65. The smallest absolute Gasteiger partial charge is 0.148 e. The predicted molar refractivity (Wildman–Crippen MR) is 77.6 cm³/mol. The molecule has 106 valence electrons. The molecule has 0 saturated carbocycles. The van der Waals surface area contributed by atoms with Gasteiger partial charge in [-0.2, -0.15) is 0 Å². The summed E-state index contributed by atoms with van der Waals surface area (Å²) in [5.41, 5.74) is 1.13. The molecule has 5 heteroatoms. The molecule has 0 aliphatic rings. The first-order valence-corrected chi connectivity index (χ1v) is 5.91. The summed E-state index contributed by atoms with van der Waals surface area (Å²) in [7, 11) is 0. The molecule has 0 heterocycles. The third-order valence-corrected chi connectivity index (χ3v) is 2.21. The Hall–Kier alpha value is -1.25. The molecule has 0 bridgehead atoms. The van der Waals surface area contributed by atoms with Gasteiger partial charge in [-0.05, 0) is 17.7 Å². The zero-order valence-electron chi connectivity index (χ0n) is 10.8. The molecule has 4 nitrogen and oxygen atoms in total. The zero-order chi connectivity index (χ0) is 13.1. The van der Waals surface area contributed by atoms with E-state index in [1.165, 1.54) is 0 Å². The maximum Gasteiger partial charge on any atom is 0.148 e. The minimum absolute atomic E-state index is 0. The second kappa shape index (κ2) is 11.8. The van der Waals surface area contributed by atoms with Gasteiger partial charge in [-0.1, -0.05) is 18.1 Å². The van der Waals surface area contributed by atoms with E-state index in [-0.39, 0.29) is 25.6 Å². The Balaban J connectivity index is 0.00000324. The lowest BCUT2D eigenvalue weighted by Crippen LogP contribution is -2.20. The Morgan fingerprint density at radius 3 is 2.89 bits per heavy atom. The molecule has 0 fully saturated rings. The van der Waals surface area contributed by atoms with Gasteiger partial charge in [0.2, 0.25) is 0 Å². The van der Waals surface area contributed by atoms with Gasteiger partial charge in [0.15, 0.2) is 0 Å². The van der Waals surface area contributed by atoms with Crippen molar-refractivity contribution >= 4 is 12.4 Å². The average molecular weight is 286 g/mol. The van der Waals surface area contributed by atoms with Crippen LogP contribution in [0.2, 0.25) is 0 Å². The average Bonchev–Trinajstić information content (AvgIpc) is 2.41. The molecule has 0 atom stereocenters. The Bertz CT molecular complexity index is 379. The molecule has 0 spiro atoms. The van der Waals surface area contributed by atoms with Crippen molar-refractivity contribution in [3.8, 4) is 18.1 Å². The van der Waals surface area contributed by atoms with E-state index in [4.69, 9.17) is 21.0 Å². The van der Waals surface area contributed by atoms with Gasteiger partial charge in [-0.25, -0.2) is 0 Å². The number of rotatable bonds is 9. The lowest BCUT2D eigenvalue weighted by atomic mass is 10.2. The van der Waals surface area contributed by atoms with Crippen LogP contribution in [0.1, 0.15) is 5.56 Å². The first kappa shape index (κ1) is 17.8. The van der Waals surface area contributed by atoms with Crippen molar-refractivity contribution in [3.63, 3.8) is 0 Å². The molecular formula is C14H20ClNO3. The SMILES string of the molecule is C#CCOc1cccc(CNCCOCCO)c1.Cl. The highest BCUT2D eigenvalue weighted by Crippen LogP contribution is 2.12. The Morgan fingerprint density at radius 1 is 1.32 bits per heavy atom. The van der Waals surface area contributed by atoms with Crippen molar-refractivity contribution in [3.05, 3.63) is 29.8 Å². The standard InChI is InChI=1S/C14H19NO3.ClH/c1-2-8-18-14-5-3-4-13(11-14)12-15-6-9-17-10-7-16;/h1,3-5,11,15-16H,6-10,12H2;1H. The highest BCUT2D eigenvalue weighted by Gasteiger charge is 1.96. The first-order chi connectivity index (χ1) is 8.86. The largest absolute Gasteiger partial charge is 0.481 e. The third-order valence-electron chi connectivity index (χ3n) is 2.21. The molecule has 2 N–H and O–H groups in total. The summed E-state index contributed by atoms with van der Waals surface area (Å²) in [6.07, 6.45) is 5.13. The number of benzene rings is 1. The van der Waals surface area contributed by atoms with Crippen molar-refractivity contribution in [1.29, 1.82) is 0 Å². The molecule has 0 unspecified atom stereocenters. The van der Waals surface area contributed by atoms with Crippen LogP contribution in [0.3, 0.4) is 0 Å². The number of hydrogen-bond donors (Lipinski definition) is 2. The monoisotopic (exact) mass is 285 g/mol. The van der Waals surface area contributed by atoms with E-state index >= 15 is 0 Å². The van der Waals surface area contributed by atoms with Gasteiger partial charge in [0.05, 0.1) is 19.8 Å². The Labute approximate surface area is 120 Å². The molecule has 19 heavy (non-hydrogen) atoms. The lowest BCUT2D eigenvalue weighted by molar-refractivity contribution is 0.0938. The van der Waals surface area contributed by atoms with Crippen molar-refractivity contribution in [1.82, 2.24) is 5.32 Å². The molecule has 0 aliphatic heterocycles. The normalized spacial score (nSPS) is 9.47. The zero-order valence-corrected chi connectivity index (χ0v) is 11.6. The summed E-state index contributed by atoms with van der Waals surface area (Å²) in [6, 6.07) is 7.79. The maximum absolute atomic E-state index is 8.53. The molecule has 1 rings (SSSR count). The third kappa shape index (κ3) is 8.46. The van der Waals surface area contributed by atoms with Crippen molar-refractivity contribution in [2.24, 2.45) is 0 Å². The Kier molecular flexibility index (Phi) is 11.0. The van der Waals surface area contributed by atoms with Gasteiger partial charge in [0.1, 0.15) is 12.4 Å². The van der Waals surface area contributed by atoms with Crippen LogP contribution in [-0.4, -0.2) is 38.1 Å². The van der Waals surface area contributed by atoms with Gasteiger partial charge < -0.3 is 19.9 Å². The molecule has 0 saturated heterocycles. The molecule has 0 radical (unpaired) electrons. The summed E-state index contributed by atoms with van der Waals surface area (Å²) in [4.78, 5) is 0. The summed E-state index contributed by atoms with van der Waals surface area (Å²) in [5, 5.41) is 11.8. The van der Waals surface area contributed by atoms with E-state index in [0.29, 0.717) is 13.2 Å². The number of ether oxygens (including phenoxy) is 2. The topological polar surface area (TPSA) is 50.7 Å². The number of halogens is 1. The van der Waals surface area contributed by atoms with E-state index in [1.54, 1.807) is 0 Å². The van der Waals surface area contributed by atoms with Gasteiger partial charge in [-0.15, -0.1) is 18.8 Å². The molecular weight excluding hydrogens is 266 g/mol. The fourth-order valence-electron chi connectivity index (χ4n) is 1.41. The molecule has 0 amide bonds. The number of aliphatic hydroxyl groups is 1. The number of nitrogens with one attached hydrogen (secondary N) is 1. The summed E-state index contributed by atoms with van der Waals surface area (Å²) < 4.78 is 10.5. The van der Waals surface area contributed by atoms with E-state index in [9.17, 15) is 0 Å². The highest BCUT2D eigenvalue weighted by molar-refractivity contribution is 5.85. The number of hydrogen-bond acceptors (Lipinski definition) is 4. The van der Waals surface area contributed by atoms with E-state index < -0.39 is 0 Å². The fourth-order valence-corrected chi connectivity index (χ4v) is 1.41. The second-order valence-corrected chi connectivity index (χ2v) is 3.65. The highest BCUT2D eigenvalue weighted by atomic mass is 35.5. The van der Waals surface area contributed by atoms with Crippen LogP contribution in [0.15, 0.2) is 24.3 Å². The van der Waals surface area contributed by atoms with Crippen LogP contribution < -0.4 is 10.1 Å². The van der Waals surface area contributed by atoms with Gasteiger partial charge in [0.25, 0.3) is 0 Å². The Morgan fingerprint density at radius 2 is 2.16 bits per heavy atom. The molecule has 0 aromatic heterocycles. The molecule has 1 aromatic carbocycles. The minimum Gasteiger partial charge on any atom is -0.481 e. The number of terminal acetylenes is 1. The van der Waals surface area contributed by atoms with Crippen LogP contribution in [0.5, 0.6) is 5.75 Å². The fraction of sp³-hybridized carbons (Fsp3) is 0.429. The molecule has 0 aliphatic carbocycles. The summed E-state index contributed by atoms with van der Waals surface area (Å²) in [6.45, 7) is 2.82. The number of aliphatic hydroxyl groups excluding tert-OH is 1. The lowest BCUT2D eigenvalue weighted by Gasteiger charge is -2.07. The quantitative estimate of drug-likeness (QED) is 0.529. The maximum atomic E-state index is 8.53. The van der Waals surface area contributed by atoms with Gasteiger partial charge in [-0.3, -0.25) is 0 Å². The summed E-state index contributed by atoms with van der Waals surface area (Å²) in [5.74, 6) is 3.21. The summed E-state index contributed by atoms with van der Waals surface area (Å²) >= 11 is 0. The first-order valence-electron chi connectivity index (χ1n) is 5.91. The van der Waals surface area contributed by atoms with Crippen LogP contribution >= 0.6 is 12.4 Å². The molecule has 1 aromatic rings. The van der Waals surface area contributed by atoms with E-state index in [0.717, 1.165) is 24.4 Å². The van der Waals surface area contributed by atoms with Crippen molar-refractivity contribution < 1.29 is 14.6 Å². The van der Waals surface area contributed by atoms with Crippen molar-refractivity contribution in [2.75, 3.05) is 33.0 Å². The van der Waals surface area contributed by atoms with Crippen LogP contribution in [0.4, 0.5) is 0 Å². The van der Waals surface area contributed by atoms with Crippen LogP contribution in [-0.2, 0) is 11.3 Å². The predicted octanol–water partition coefficient (Wildman–Crippen LogP) is 1.22. The van der Waals surface area contributed by atoms with Crippen LogP contribution in [0, 0.1) is 12.3 Å². The van der Waals surface area contributed by atoms with E-state index in [2.05, 4.69) is 11.2 Å². The van der Waals surface area contributed by atoms with Gasteiger partial charge in [0, 0.05) is 13.1 Å². The van der Waals surface area contributed by atoms with Crippen LogP contribution in [0.25, 0.3) is 0 Å². The van der Waals surface area contributed by atoms with Gasteiger partial charge >= 0.3 is 0 Å². The van der Waals surface area contributed by atoms with Crippen molar-refractivity contribution in [2.45, 2.75) is 6.54 Å². The van der Waals surface area contributed by atoms with E-state index in [1.807, 2.05) is 24.3 Å².